The summed E-state index contributed by atoms with van der Waals surface area (Å²) in [7, 11) is 3.07. The summed E-state index contributed by atoms with van der Waals surface area (Å²) >= 11 is 0. The summed E-state index contributed by atoms with van der Waals surface area (Å²) in [6, 6.07) is 0. The van der Waals surface area contributed by atoms with Crippen molar-refractivity contribution in [2.45, 2.75) is 39.7 Å². The fraction of sp³-hybridized carbons (Fsp3) is 0.583. The van der Waals surface area contributed by atoms with Crippen molar-refractivity contribution in [3.63, 3.8) is 0 Å². The lowest BCUT2D eigenvalue weighted by Gasteiger charge is -2.26. The highest BCUT2D eigenvalue weighted by Gasteiger charge is 2.21. The summed E-state index contributed by atoms with van der Waals surface area (Å²) in [6.45, 7) is 8.26. The van der Waals surface area contributed by atoms with Crippen molar-refractivity contribution in [3.05, 3.63) is 33.9 Å². The molecule has 32 heavy (non-hydrogen) atoms. The maximum absolute atomic E-state index is 12.0. The van der Waals surface area contributed by atoms with Crippen molar-refractivity contribution in [2.75, 3.05) is 53.7 Å². The van der Waals surface area contributed by atoms with Crippen molar-refractivity contribution < 1.29 is 33.6 Å². The zero-order valence-corrected chi connectivity index (χ0v) is 19.6. The molecule has 0 spiro atoms. The third-order valence-corrected chi connectivity index (χ3v) is 5.70. The first-order valence-electron chi connectivity index (χ1n) is 10.9. The first-order valence-corrected chi connectivity index (χ1v) is 10.9. The minimum atomic E-state index is -0.227. The van der Waals surface area contributed by atoms with Crippen LogP contribution in [0, 0.1) is 6.92 Å². The number of carbonyl (C=O) groups is 2. The molecule has 1 aliphatic rings. The molecular weight excluding hydrogens is 414 g/mol. The van der Waals surface area contributed by atoms with Crippen molar-refractivity contribution in [2.24, 2.45) is 0 Å². The molecule has 0 aliphatic carbocycles. The van der Waals surface area contributed by atoms with Gasteiger partial charge in [0.1, 0.15) is 18.1 Å². The zero-order valence-electron chi connectivity index (χ0n) is 19.6. The van der Waals surface area contributed by atoms with Gasteiger partial charge >= 0.3 is 5.97 Å². The number of phenols is 1. The van der Waals surface area contributed by atoms with Crippen molar-refractivity contribution >= 4 is 12.3 Å². The van der Waals surface area contributed by atoms with Gasteiger partial charge in [0.25, 0.3) is 0 Å². The predicted molar refractivity (Wildman–Crippen MR) is 120 cm³/mol. The van der Waals surface area contributed by atoms with Crippen LogP contribution in [0.15, 0.2) is 11.6 Å². The van der Waals surface area contributed by atoms with Crippen LogP contribution in [-0.4, -0.2) is 75.9 Å². The Balaban J connectivity index is 1.94. The van der Waals surface area contributed by atoms with Gasteiger partial charge in [0.05, 0.1) is 32.5 Å². The third kappa shape index (κ3) is 7.05. The summed E-state index contributed by atoms with van der Waals surface area (Å²) in [5, 5.41) is 10.7. The number of aldehydes is 1. The number of nitrogens with zero attached hydrogens (tertiary/aromatic N) is 1. The van der Waals surface area contributed by atoms with Crippen LogP contribution in [0.5, 0.6) is 11.5 Å². The van der Waals surface area contributed by atoms with Crippen LogP contribution in [0.3, 0.4) is 0 Å². The van der Waals surface area contributed by atoms with Crippen LogP contribution >= 0.6 is 0 Å². The maximum atomic E-state index is 12.0. The predicted octanol–water partition coefficient (Wildman–Crippen LogP) is 2.81. The van der Waals surface area contributed by atoms with Crippen molar-refractivity contribution in [1.82, 2.24) is 4.90 Å². The molecular formula is C24H35NO7. The number of esters is 1. The molecule has 1 N–H and O–H groups in total. The monoisotopic (exact) mass is 449 g/mol. The number of benzene rings is 1. The molecule has 0 unspecified atom stereocenters. The highest BCUT2D eigenvalue weighted by Crippen LogP contribution is 2.38. The average Bonchev–Trinajstić information content (AvgIpc) is 2.79. The molecule has 1 aliphatic heterocycles. The normalized spacial score (nSPS) is 14.9. The van der Waals surface area contributed by atoms with E-state index < -0.39 is 0 Å². The van der Waals surface area contributed by atoms with Crippen LogP contribution in [-0.2, 0) is 32.0 Å². The molecule has 1 saturated heterocycles. The second kappa shape index (κ2) is 13.2. The number of ether oxygens (including phenoxy) is 4. The fourth-order valence-electron chi connectivity index (χ4n) is 3.76. The Morgan fingerprint density at radius 1 is 1.19 bits per heavy atom. The first-order chi connectivity index (χ1) is 15.4. The van der Waals surface area contributed by atoms with Gasteiger partial charge in [-0.15, -0.1) is 0 Å². The van der Waals surface area contributed by atoms with Gasteiger partial charge in [0, 0.05) is 38.7 Å². The molecule has 8 heteroatoms. The number of rotatable bonds is 12. The summed E-state index contributed by atoms with van der Waals surface area (Å²) in [5.41, 5.74) is 3.12. The summed E-state index contributed by atoms with van der Waals surface area (Å²) in [4.78, 5) is 25.9. The molecule has 1 aromatic rings. The topological polar surface area (TPSA) is 94.5 Å². The lowest BCUT2D eigenvalue weighted by atomic mass is 9.94. The van der Waals surface area contributed by atoms with Crippen LogP contribution in [0.1, 0.15) is 46.8 Å². The van der Waals surface area contributed by atoms with Gasteiger partial charge in [-0.2, -0.15) is 0 Å². The molecule has 0 atom stereocenters. The largest absolute Gasteiger partial charge is 0.507 e. The van der Waals surface area contributed by atoms with Gasteiger partial charge in [-0.05, 0) is 37.8 Å². The Morgan fingerprint density at radius 3 is 2.53 bits per heavy atom. The summed E-state index contributed by atoms with van der Waals surface area (Å²) in [6.07, 6.45) is 3.80. The Hall–Kier alpha value is -2.42. The van der Waals surface area contributed by atoms with E-state index in [2.05, 4.69) is 4.90 Å². The molecule has 1 fully saturated rings. The molecule has 0 aromatic heterocycles. The van der Waals surface area contributed by atoms with E-state index in [1.54, 1.807) is 0 Å². The Morgan fingerprint density at radius 2 is 1.91 bits per heavy atom. The number of methoxy groups -OCH3 is 2. The second-order valence-electron chi connectivity index (χ2n) is 7.86. The van der Waals surface area contributed by atoms with Gasteiger partial charge in [0.15, 0.2) is 6.29 Å². The van der Waals surface area contributed by atoms with Crippen LogP contribution in [0.25, 0.3) is 0 Å². The number of aromatic hydroxyl groups is 1. The minimum Gasteiger partial charge on any atom is -0.507 e. The van der Waals surface area contributed by atoms with Gasteiger partial charge in [-0.25, -0.2) is 0 Å². The molecule has 0 saturated carbocycles. The van der Waals surface area contributed by atoms with E-state index in [4.69, 9.17) is 18.9 Å². The highest BCUT2D eigenvalue weighted by atomic mass is 16.5. The Kier molecular flexibility index (Phi) is 10.7. The van der Waals surface area contributed by atoms with E-state index in [-0.39, 0.29) is 23.9 Å². The van der Waals surface area contributed by atoms with Gasteiger partial charge in [-0.1, -0.05) is 11.6 Å². The molecule has 8 nitrogen and oxygen atoms in total. The number of hydrogen-bond donors (Lipinski definition) is 1. The zero-order chi connectivity index (χ0) is 23.5. The molecule has 178 valence electrons. The van der Waals surface area contributed by atoms with E-state index in [9.17, 15) is 14.7 Å². The number of allylic oxidation sites excluding steroid dienone is 2. The molecule has 2 rings (SSSR count). The molecule has 1 aromatic carbocycles. The van der Waals surface area contributed by atoms with Crippen LogP contribution in [0.2, 0.25) is 0 Å². The third-order valence-electron chi connectivity index (χ3n) is 5.70. The quantitative estimate of drug-likeness (QED) is 0.296. The lowest BCUT2D eigenvalue weighted by molar-refractivity contribution is -0.144. The molecule has 0 amide bonds. The van der Waals surface area contributed by atoms with E-state index in [0.717, 1.165) is 44.0 Å². The van der Waals surface area contributed by atoms with Crippen LogP contribution in [0.4, 0.5) is 0 Å². The summed E-state index contributed by atoms with van der Waals surface area (Å²) in [5.74, 6) is 0.210. The Bertz CT molecular complexity index is 813. The molecule has 0 bridgehead atoms. The number of carbonyl (C=O) groups excluding carboxylic acids is 2. The number of hydrogen-bond acceptors (Lipinski definition) is 8. The first kappa shape index (κ1) is 25.8. The van der Waals surface area contributed by atoms with Crippen LogP contribution < -0.4 is 4.74 Å². The van der Waals surface area contributed by atoms with Gasteiger partial charge in [0.2, 0.25) is 0 Å². The smallest absolute Gasteiger partial charge is 0.306 e. The molecule has 1 heterocycles. The maximum Gasteiger partial charge on any atom is 0.306 e. The second-order valence-corrected chi connectivity index (χ2v) is 7.86. The van der Waals surface area contributed by atoms with E-state index >= 15 is 0 Å². The van der Waals surface area contributed by atoms with Gasteiger partial charge < -0.3 is 24.1 Å². The minimum absolute atomic E-state index is 0.0962. The van der Waals surface area contributed by atoms with Crippen molar-refractivity contribution in [1.29, 1.82) is 0 Å². The van der Waals surface area contributed by atoms with E-state index in [1.807, 2.05) is 19.9 Å². The fourth-order valence-corrected chi connectivity index (χ4v) is 3.76. The SMILES string of the molecule is COCc1c(C)c(OC)c(C/C=C(\C)CCC(=O)OCCN2CCOCC2)c(O)c1C=O. The summed E-state index contributed by atoms with van der Waals surface area (Å²) < 4.78 is 21.3. The molecule has 0 radical (unpaired) electrons. The van der Waals surface area contributed by atoms with E-state index in [0.29, 0.717) is 49.0 Å². The highest BCUT2D eigenvalue weighted by molar-refractivity contribution is 5.84. The standard InChI is InChI=1S/C24H35NO7/c1-17(6-8-22(27)32-14-11-25-9-12-31-13-10-25)5-7-19-23(28)20(15-26)21(16-29-3)18(2)24(19)30-4/h5,15,28H,6-14,16H2,1-4H3/b17-5+. The number of morpholine rings is 1. The average molecular weight is 450 g/mol. The van der Waals surface area contributed by atoms with Gasteiger partial charge in [-0.3, -0.25) is 14.5 Å². The Labute approximate surface area is 190 Å². The lowest BCUT2D eigenvalue weighted by Crippen LogP contribution is -2.38. The van der Waals surface area contributed by atoms with E-state index in [1.165, 1.54) is 14.2 Å². The number of phenolic OH excluding ortho intramolecular Hbond substituents is 1. The van der Waals surface area contributed by atoms with Crippen molar-refractivity contribution in [3.8, 4) is 11.5 Å².